The number of hydrogen-bond donors (Lipinski definition) is 0. The lowest BCUT2D eigenvalue weighted by Crippen LogP contribution is -2.35. The monoisotopic (exact) mass is 369 g/mol. The van der Waals surface area contributed by atoms with Crippen LogP contribution in [0.3, 0.4) is 0 Å². The Morgan fingerprint density at radius 1 is 1.19 bits per heavy atom. The highest BCUT2D eigenvalue weighted by atomic mass is 19.4. The summed E-state index contributed by atoms with van der Waals surface area (Å²) in [5.74, 6) is 0.492. The molecule has 0 radical (unpaired) electrons. The van der Waals surface area contributed by atoms with E-state index in [1.54, 1.807) is 11.0 Å². The normalized spacial score (nSPS) is 23.7. The van der Waals surface area contributed by atoms with Crippen LogP contribution in [-0.4, -0.2) is 29.7 Å². The molecule has 1 fully saturated rings. The van der Waals surface area contributed by atoms with Crippen molar-refractivity contribution < 1.29 is 22.7 Å². The Kier molecular flexibility index (Phi) is 4.97. The maximum atomic E-state index is 13.0. The van der Waals surface area contributed by atoms with E-state index in [1.165, 1.54) is 12.1 Å². The average Bonchev–Trinajstić information content (AvgIpc) is 3.01. The van der Waals surface area contributed by atoms with E-state index in [9.17, 15) is 18.0 Å². The molecule has 1 amide bonds. The van der Waals surface area contributed by atoms with Gasteiger partial charge in [-0.1, -0.05) is 6.07 Å². The molecule has 0 aromatic heterocycles. The van der Waals surface area contributed by atoms with Crippen molar-refractivity contribution in [2.45, 2.75) is 64.1 Å². The van der Waals surface area contributed by atoms with Gasteiger partial charge in [0.05, 0.1) is 5.56 Å². The summed E-state index contributed by atoms with van der Waals surface area (Å²) in [5.41, 5.74) is 0.742. The van der Waals surface area contributed by atoms with E-state index in [0.717, 1.165) is 30.4 Å². The molecule has 3 rings (SSSR count). The first-order chi connectivity index (χ1) is 12.0. The number of hydrogen-bond acceptors (Lipinski definition) is 2. The number of carbonyl (C=O) groups is 1. The van der Waals surface area contributed by atoms with Gasteiger partial charge in [-0.15, -0.1) is 0 Å². The largest absolute Gasteiger partial charge is 0.444 e. The van der Waals surface area contributed by atoms with Crippen molar-refractivity contribution in [1.29, 1.82) is 0 Å². The second-order valence-electron chi connectivity index (χ2n) is 8.39. The Morgan fingerprint density at radius 2 is 1.92 bits per heavy atom. The van der Waals surface area contributed by atoms with Crippen molar-refractivity contribution in [1.82, 2.24) is 4.90 Å². The quantitative estimate of drug-likeness (QED) is 0.665. The molecule has 1 aromatic carbocycles. The Labute approximate surface area is 152 Å². The zero-order chi connectivity index (χ0) is 19.1. The number of carbonyl (C=O) groups excluding carboxylic acids is 1. The smallest absolute Gasteiger partial charge is 0.416 e. The lowest BCUT2D eigenvalue weighted by Gasteiger charge is -2.31. The van der Waals surface area contributed by atoms with Gasteiger partial charge in [-0.3, -0.25) is 0 Å². The molecule has 6 heteroatoms. The molecule has 1 aliphatic carbocycles. The van der Waals surface area contributed by atoms with Crippen LogP contribution >= 0.6 is 0 Å². The number of benzene rings is 1. The van der Waals surface area contributed by atoms with Crippen LogP contribution in [-0.2, 0) is 17.3 Å². The van der Waals surface area contributed by atoms with Crippen molar-refractivity contribution in [3.05, 3.63) is 34.9 Å². The summed E-state index contributed by atoms with van der Waals surface area (Å²) in [5, 5.41) is 0. The van der Waals surface area contributed by atoms with Crippen molar-refractivity contribution in [2.75, 3.05) is 13.1 Å². The topological polar surface area (TPSA) is 29.5 Å². The van der Waals surface area contributed by atoms with Gasteiger partial charge in [-0.05, 0) is 81.5 Å². The molecular weight excluding hydrogens is 343 g/mol. The minimum atomic E-state index is -4.30. The summed E-state index contributed by atoms with van der Waals surface area (Å²) in [6.07, 6.45) is -1.19. The molecule has 2 atom stereocenters. The molecular formula is C20H26F3NO2. The average molecular weight is 369 g/mol. The lowest BCUT2D eigenvalue weighted by atomic mass is 9.75. The van der Waals surface area contributed by atoms with E-state index in [0.29, 0.717) is 19.5 Å². The van der Waals surface area contributed by atoms with Crippen molar-refractivity contribution >= 4 is 6.09 Å². The number of halogens is 3. The number of likely N-dealkylation sites (tertiary alicyclic amines) is 1. The highest BCUT2D eigenvalue weighted by Gasteiger charge is 2.37. The maximum Gasteiger partial charge on any atom is 0.416 e. The van der Waals surface area contributed by atoms with Gasteiger partial charge in [0.25, 0.3) is 0 Å². The van der Waals surface area contributed by atoms with Gasteiger partial charge >= 0.3 is 12.3 Å². The Morgan fingerprint density at radius 3 is 2.58 bits per heavy atom. The van der Waals surface area contributed by atoms with Crippen molar-refractivity contribution in [3.8, 4) is 0 Å². The summed E-state index contributed by atoms with van der Waals surface area (Å²) in [6, 6.07) is 4.15. The molecule has 1 saturated heterocycles. The van der Waals surface area contributed by atoms with Crippen LogP contribution in [0.5, 0.6) is 0 Å². The third-order valence-electron chi connectivity index (χ3n) is 5.28. The first kappa shape index (κ1) is 19.1. The number of ether oxygens (including phenoxy) is 1. The molecule has 0 N–H and O–H groups in total. The summed E-state index contributed by atoms with van der Waals surface area (Å²) in [4.78, 5) is 14.0. The summed E-state index contributed by atoms with van der Waals surface area (Å²) in [7, 11) is 0. The van der Waals surface area contributed by atoms with E-state index in [2.05, 4.69) is 0 Å². The minimum absolute atomic E-state index is 0.216. The number of nitrogens with zero attached hydrogens (tertiary/aromatic N) is 1. The molecule has 2 unspecified atom stereocenters. The zero-order valence-electron chi connectivity index (χ0n) is 15.5. The Hall–Kier alpha value is -1.72. The Balaban J connectivity index is 1.73. The second kappa shape index (κ2) is 6.78. The fourth-order valence-electron chi connectivity index (χ4n) is 4.13. The minimum Gasteiger partial charge on any atom is -0.444 e. The van der Waals surface area contributed by atoms with Gasteiger partial charge in [-0.2, -0.15) is 13.2 Å². The van der Waals surface area contributed by atoms with E-state index < -0.39 is 17.3 Å². The molecule has 144 valence electrons. The molecule has 1 aromatic rings. The van der Waals surface area contributed by atoms with Crippen LogP contribution in [0.4, 0.5) is 18.0 Å². The van der Waals surface area contributed by atoms with Gasteiger partial charge in [-0.25, -0.2) is 4.79 Å². The first-order valence-electron chi connectivity index (χ1n) is 9.22. The Bertz CT molecular complexity index is 679. The van der Waals surface area contributed by atoms with E-state index >= 15 is 0 Å². The predicted octanol–water partition coefficient (Wildman–Crippen LogP) is 5.38. The highest BCUT2D eigenvalue weighted by molar-refractivity contribution is 5.68. The van der Waals surface area contributed by atoms with E-state index in [-0.39, 0.29) is 17.9 Å². The highest BCUT2D eigenvalue weighted by Crippen LogP contribution is 2.42. The summed E-state index contributed by atoms with van der Waals surface area (Å²) >= 11 is 0. The number of fused-ring (bicyclic) bond motifs is 1. The fourth-order valence-corrected chi connectivity index (χ4v) is 4.13. The number of alkyl halides is 3. The standard InChI is InChI=1S/C20H26F3NO2/c1-19(2,3)26-18(25)24-10-9-14(12-24)16-6-4-5-13-11-15(20(21,22)23)7-8-17(13)16/h7-8,11,14,16H,4-6,9-10,12H2,1-3H3. The van der Waals surface area contributed by atoms with Gasteiger partial charge < -0.3 is 9.64 Å². The van der Waals surface area contributed by atoms with Crippen LogP contribution in [0, 0.1) is 5.92 Å². The molecule has 2 aliphatic rings. The van der Waals surface area contributed by atoms with Crippen molar-refractivity contribution in [2.24, 2.45) is 5.92 Å². The van der Waals surface area contributed by atoms with E-state index in [1.807, 2.05) is 20.8 Å². The molecule has 3 nitrogen and oxygen atoms in total. The lowest BCUT2D eigenvalue weighted by molar-refractivity contribution is -0.137. The summed E-state index contributed by atoms with van der Waals surface area (Å²) < 4.78 is 44.4. The molecule has 0 bridgehead atoms. The van der Waals surface area contributed by atoms with Gasteiger partial charge in [0.2, 0.25) is 0 Å². The third kappa shape index (κ3) is 4.15. The molecule has 1 heterocycles. The fraction of sp³-hybridized carbons (Fsp3) is 0.650. The van der Waals surface area contributed by atoms with Crippen molar-refractivity contribution in [3.63, 3.8) is 0 Å². The zero-order valence-corrected chi connectivity index (χ0v) is 15.5. The van der Waals surface area contributed by atoms with Crippen LogP contribution in [0.25, 0.3) is 0 Å². The summed E-state index contributed by atoms with van der Waals surface area (Å²) in [6.45, 7) is 6.78. The third-order valence-corrected chi connectivity index (χ3v) is 5.28. The van der Waals surface area contributed by atoms with Gasteiger partial charge in [0.15, 0.2) is 0 Å². The number of amides is 1. The van der Waals surface area contributed by atoms with Crippen LogP contribution in [0.1, 0.15) is 62.6 Å². The molecule has 1 aliphatic heterocycles. The number of aryl methyl sites for hydroxylation is 1. The van der Waals surface area contributed by atoms with Crippen LogP contribution < -0.4 is 0 Å². The van der Waals surface area contributed by atoms with Gasteiger partial charge in [0.1, 0.15) is 5.60 Å². The molecule has 0 saturated carbocycles. The maximum absolute atomic E-state index is 13.0. The SMILES string of the molecule is CC(C)(C)OC(=O)N1CCC(C2CCCc3cc(C(F)(F)F)ccc32)C1. The first-order valence-corrected chi connectivity index (χ1v) is 9.22. The number of rotatable bonds is 1. The molecule has 26 heavy (non-hydrogen) atoms. The van der Waals surface area contributed by atoms with Gasteiger partial charge in [0, 0.05) is 13.1 Å². The second-order valence-corrected chi connectivity index (χ2v) is 8.39. The molecule has 0 spiro atoms. The van der Waals surface area contributed by atoms with Crippen LogP contribution in [0.15, 0.2) is 18.2 Å². The van der Waals surface area contributed by atoms with E-state index in [4.69, 9.17) is 4.74 Å². The van der Waals surface area contributed by atoms with Crippen LogP contribution in [0.2, 0.25) is 0 Å². The predicted molar refractivity (Wildman–Crippen MR) is 93.0 cm³/mol.